The molecule has 2 heterocycles. The summed E-state index contributed by atoms with van der Waals surface area (Å²) in [5.41, 5.74) is 0.444. The van der Waals surface area contributed by atoms with E-state index < -0.39 is 0 Å². The molecule has 6 nitrogen and oxygen atoms in total. The summed E-state index contributed by atoms with van der Waals surface area (Å²) in [5, 5.41) is 11.9. The largest absolute Gasteiger partial charge is 0.379 e. The van der Waals surface area contributed by atoms with Gasteiger partial charge in [-0.2, -0.15) is 5.10 Å². The van der Waals surface area contributed by atoms with Crippen molar-refractivity contribution in [2.24, 2.45) is 0 Å². The van der Waals surface area contributed by atoms with E-state index in [9.17, 15) is 9.59 Å². The van der Waals surface area contributed by atoms with Gasteiger partial charge in [0.1, 0.15) is 0 Å². The van der Waals surface area contributed by atoms with E-state index in [-0.39, 0.29) is 17.5 Å². The first-order valence-electron chi connectivity index (χ1n) is 4.82. The number of carbonyl (C=O) groups excluding carboxylic acids is 1. The van der Waals surface area contributed by atoms with Crippen molar-refractivity contribution >= 4 is 11.6 Å². The number of anilines is 1. The van der Waals surface area contributed by atoms with Crippen molar-refractivity contribution < 1.29 is 4.79 Å². The van der Waals surface area contributed by atoms with E-state index in [0.29, 0.717) is 18.7 Å². The highest BCUT2D eigenvalue weighted by atomic mass is 16.1. The Bertz CT molecular complexity index is 405. The molecular weight excluding hydrogens is 196 g/mol. The lowest BCUT2D eigenvalue weighted by Crippen LogP contribution is -2.42. The summed E-state index contributed by atoms with van der Waals surface area (Å²) in [5.74, 6) is 0.0806. The molecular formula is C9H12N4O2. The lowest BCUT2D eigenvalue weighted by Gasteiger charge is -2.23. The Morgan fingerprint density at radius 1 is 1.47 bits per heavy atom. The highest BCUT2D eigenvalue weighted by Crippen LogP contribution is 2.09. The highest BCUT2D eigenvalue weighted by molar-refractivity contribution is 5.77. The predicted molar refractivity (Wildman–Crippen MR) is 54.5 cm³/mol. The minimum Gasteiger partial charge on any atom is -0.379 e. The second kappa shape index (κ2) is 4.12. The van der Waals surface area contributed by atoms with Gasteiger partial charge in [0.2, 0.25) is 5.91 Å². The number of amides is 1. The molecule has 80 valence electrons. The molecule has 3 N–H and O–H groups in total. The molecule has 0 saturated carbocycles. The van der Waals surface area contributed by atoms with Crippen LogP contribution in [0.3, 0.4) is 0 Å². The minimum atomic E-state index is -0.236. The van der Waals surface area contributed by atoms with Crippen LogP contribution < -0.4 is 16.2 Å². The van der Waals surface area contributed by atoms with Gasteiger partial charge in [0, 0.05) is 25.1 Å². The Labute approximate surface area is 86.1 Å². The van der Waals surface area contributed by atoms with Crippen LogP contribution >= 0.6 is 0 Å². The van der Waals surface area contributed by atoms with Crippen molar-refractivity contribution in [2.45, 2.75) is 18.9 Å². The molecule has 1 atom stereocenters. The van der Waals surface area contributed by atoms with Crippen LogP contribution in [0.4, 0.5) is 5.69 Å². The fourth-order valence-electron chi connectivity index (χ4n) is 1.55. The first-order chi connectivity index (χ1) is 7.24. The van der Waals surface area contributed by atoms with Gasteiger partial charge in [0.15, 0.2) is 0 Å². The number of aromatic nitrogens is 2. The molecule has 2 rings (SSSR count). The van der Waals surface area contributed by atoms with Gasteiger partial charge in [-0.25, -0.2) is 5.10 Å². The molecule has 0 aliphatic carbocycles. The Morgan fingerprint density at radius 3 is 3.00 bits per heavy atom. The molecule has 0 radical (unpaired) electrons. The van der Waals surface area contributed by atoms with E-state index in [0.717, 1.165) is 6.42 Å². The number of hydrogen-bond acceptors (Lipinski definition) is 4. The van der Waals surface area contributed by atoms with Crippen molar-refractivity contribution in [1.29, 1.82) is 0 Å². The van der Waals surface area contributed by atoms with Crippen LogP contribution in [0.25, 0.3) is 0 Å². The Balaban J connectivity index is 1.97. The zero-order chi connectivity index (χ0) is 10.7. The van der Waals surface area contributed by atoms with Gasteiger partial charge in [-0.1, -0.05) is 0 Å². The number of piperidine rings is 1. The van der Waals surface area contributed by atoms with Crippen molar-refractivity contribution in [3.05, 3.63) is 22.6 Å². The highest BCUT2D eigenvalue weighted by Gasteiger charge is 2.17. The van der Waals surface area contributed by atoms with Crippen LogP contribution in [0.2, 0.25) is 0 Å². The van der Waals surface area contributed by atoms with Crippen LogP contribution in [0.5, 0.6) is 0 Å². The molecule has 1 fully saturated rings. The number of hydrogen-bond donors (Lipinski definition) is 3. The Hall–Kier alpha value is -1.85. The van der Waals surface area contributed by atoms with Gasteiger partial charge >= 0.3 is 0 Å². The average molecular weight is 208 g/mol. The minimum absolute atomic E-state index is 0.0806. The van der Waals surface area contributed by atoms with E-state index in [1.807, 2.05) is 0 Å². The lowest BCUT2D eigenvalue weighted by molar-refractivity contribution is -0.122. The summed E-state index contributed by atoms with van der Waals surface area (Å²) in [6.45, 7) is 0.589. The van der Waals surface area contributed by atoms with Gasteiger partial charge in [0.05, 0.1) is 11.9 Å². The maximum Gasteiger partial charge on any atom is 0.266 e. The predicted octanol–water partition coefficient (Wildman–Crippen LogP) is -0.540. The van der Waals surface area contributed by atoms with Crippen molar-refractivity contribution in [1.82, 2.24) is 15.5 Å². The van der Waals surface area contributed by atoms with E-state index in [1.54, 1.807) is 6.20 Å². The number of nitrogens with one attached hydrogen (secondary N) is 3. The zero-order valence-corrected chi connectivity index (χ0v) is 8.12. The molecule has 6 heteroatoms. The molecule has 1 saturated heterocycles. The topological polar surface area (TPSA) is 86.9 Å². The number of carbonyl (C=O) groups is 1. The smallest absolute Gasteiger partial charge is 0.266 e. The maximum atomic E-state index is 11.0. The van der Waals surface area contributed by atoms with Crippen molar-refractivity contribution in [3.63, 3.8) is 0 Å². The van der Waals surface area contributed by atoms with E-state index in [1.165, 1.54) is 6.07 Å². The molecule has 1 aromatic heterocycles. The molecule has 15 heavy (non-hydrogen) atoms. The van der Waals surface area contributed by atoms with Gasteiger partial charge in [-0.3, -0.25) is 9.59 Å². The summed E-state index contributed by atoms with van der Waals surface area (Å²) in [7, 11) is 0. The number of nitrogens with zero attached hydrogens (tertiary/aromatic N) is 1. The number of rotatable bonds is 2. The zero-order valence-electron chi connectivity index (χ0n) is 8.12. The summed E-state index contributed by atoms with van der Waals surface area (Å²) < 4.78 is 0. The van der Waals surface area contributed by atoms with Crippen molar-refractivity contribution in [2.75, 3.05) is 11.9 Å². The molecule has 1 amide bonds. The van der Waals surface area contributed by atoms with Crippen molar-refractivity contribution in [3.8, 4) is 0 Å². The molecule has 1 aliphatic heterocycles. The third-order valence-corrected chi connectivity index (χ3v) is 2.30. The number of H-pyrrole nitrogens is 1. The molecule has 0 aromatic carbocycles. The Kier molecular flexibility index (Phi) is 2.66. The second-order valence-corrected chi connectivity index (χ2v) is 3.52. The third-order valence-electron chi connectivity index (χ3n) is 2.30. The van der Waals surface area contributed by atoms with Crippen LogP contribution in [-0.2, 0) is 4.79 Å². The monoisotopic (exact) mass is 208 g/mol. The van der Waals surface area contributed by atoms with E-state index in [4.69, 9.17) is 0 Å². The number of aromatic amines is 1. The van der Waals surface area contributed by atoms with Gasteiger partial charge in [-0.15, -0.1) is 0 Å². The first-order valence-corrected chi connectivity index (χ1v) is 4.82. The van der Waals surface area contributed by atoms with Gasteiger partial charge < -0.3 is 10.6 Å². The van der Waals surface area contributed by atoms with Gasteiger partial charge in [0.25, 0.3) is 5.56 Å². The fraction of sp³-hybridized carbons (Fsp3) is 0.444. The standard InChI is InChI=1S/C9H12N4O2/c14-8-2-1-6(4-10-8)12-7-3-9(15)13-11-5-7/h3,5-6H,1-2,4H2,(H,10,14)(H2,12,13,15). The summed E-state index contributed by atoms with van der Waals surface area (Å²) in [6.07, 6.45) is 2.85. The lowest BCUT2D eigenvalue weighted by atomic mass is 10.1. The van der Waals surface area contributed by atoms with Crippen LogP contribution in [-0.4, -0.2) is 28.7 Å². The Morgan fingerprint density at radius 2 is 2.33 bits per heavy atom. The van der Waals surface area contributed by atoms with Crippen LogP contribution in [0.15, 0.2) is 17.1 Å². The van der Waals surface area contributed by atoms with Crippen LogP contribution in [0, 0.1) is 0 Å². The van der Waals surface area contributed by atoms with E-state index >= 15 is 0 Å². The molecule has 1 aliphatic rings. The molecule has 1 unspecified atom stereocenters. The summed E-state index contributed by atoms with van der Waals surface area (Å²) in [4.78, 5) is 21.9. The van der Waals surface area contributed by atoms with Crippen LogP contribution in [0.1, 0.15) is 12.8 Å². The average Bonchev–Trinajstić information content (AvgIpc) is 2.22. The maximum absolute atomic E-state index is 11.0. The summed E-state index contributed by atoms with van der Waals surface area (Å²) in [6, 6.07) is 1.62. The normalized spacial score (nSPS) is 20.8. The third kappa shape index (κ3) is 2.55. The molecule has 0 spiro atoms. The van der Waals surface area contributed by atoms with Gasteiger partial charge in [-0.05, 0) is 6.42 Å². The quantitative estimate of drug-likeness (QED) is 0.609. The first kappa shape index (κ1) is 9.70. The molecule has 0 bridgehead atoms. The SMILES string of the molecule is O=C1CCC(Nc2cn[nH]c(=O)c2)CN1. The fourth-order valence-corrected chi connectivity index (χ4v) is 1.55. The second-order valence-electron chi connectivity index (χ2n) is 3.52. The molecule has 1 aromatic rings. The summed E-state index contributed by atoms with van der Waals surface area (Å²) >= 11 is 0. The van der Waals surface area contributed by atoms with E-state index in [2.05, 4.69) is 20.8 Å².